The van der Waals surface area contributed by atoms with Crippen molar-refractivity contribution < 1.29 is 17.9 Å². The van der Waals surface area contributed by atoms with E-state index >= 15 is 0 Å². The summed E-state index contributed by atoms with van der Waals surface area (Å²) in [5.41, 5.74) is 0.369. The number of ether oxygens (including phenoxy) is 1. The lowest BCUT2D eigenvalue weighted by Crippen LogP contribution is -2.48. The monoisotopic (exact) mass is 405 g/mol. The first-order valence-electron chi connectivity index (χ1n) is 8.41. The highest BCUT2D eigenvalue weighted by Crippen LogP contribution is 2.22. The van der Waals surface area contributed by atoms with Crippen LogP contribution in [0.3, 0.4) is 0 Å². The summed E-state index contributed by atoms with van der Waals surface area (Å²) in [5, 5.41) is 2.98. The van der Waals surface area contributed by atoms with E-state index in [4.69, 9.17) is 4.74 Å². The summed E-state index contributed by atoms with van der Waals surface area (Å²) in [6.45, 7) is 5.55. The van der Waals surface area contributed by atoms with Gasteiger partial charge in [-0.3, -0.25) is 4.79 Å². The molecule has 148 valence electrons. The summed E-state index contributed by atoms with van der Waals surface area (Å²) in [7, 11) is -0.140. The summed E-state index contributed by atoms with van der Waals surface area (Å²) in [4.78, 5) is 14.2. The van der Waals surface area contributed by atoms with Crippen LogP contribution in [0.5, 0.6) is 0 Å². The molecule has 2 rings (SSSR count). The number of hydrogen-bond acceptors (Lipinski definition) is 5. The molecule has 1 amide bonds. The summed E-state index contributed by atoms with van der Waals surface area (Å²) in [6, 6.07) is 6.24. The maximum atomic E-state index is 12.9. The van der Waals surface area contributed by atoms with E-state index in [1.807, 2.05) is 20.9 Å². The Labute approximate surface area is 162 Å². The van der Waals surface area contributed by atoms with Crippen LogP contribution in [0.1, 0.15) is 24.2 Å². The topological polar surface area (TPSA) is 79.0 Å². The van der Waals surface area contributed by atoms with Crippen molar-refractivity contribution >= 4 is 28.3 Å². The first-order chi connectivity index (χ1) is 11.8. The number of morpholine rings is 1. The number of hydrogen-bond donors (Lipinski definition) is 1. The predicted octanol–water partition coefficient (Wildman–Crippen LogP) is 1.20. The number of likely N-dealkylation sites (N-methyl/N-ethyl adjacent to an activating group) is 2. The first kappa shape index (κ1) is 22.9. The van der Waals surface area contributed by atoms with E-state index in [0.717, 1.165) is 0 Å². The van der Waals surface area contributed by atoms with Gasteiger partial charge in [0.25, 0.3) is 5.91 Å². The maximum Gasteiger partial charge on any atom is 0.253 e. The smallest absolute Gasteiger partial charge is 0.253 e. The molecule has 1 heterocycles. The van der Waals surface area contributed by atoms with Crippen molar-refractivity contribution in [3.63, 3.8) is 0 Å². The number of rotatable bonds is 6. The molecule has 0 aliphatic carbocycles. The van der Waals surface area contributed by atoms with Crippen molar-refractivity contribution in [1.29, 1.82) is 0 Å². The Morgan fingerprint density at radius 3 is 2.50 bits per heavy atom. The molecule has 0 spiro atoms. The molecule has 9 heteroatoms. The molecule has 0 saturated carbocycles. The van der Waals surface area contributed by atoms with Crippen LogP contribution >= 0.6 is 12.4 Å². The van der Waals surface area contributed by atoms with E-state index in [0.29, 0.717) is 31.7 Å². The molecule has 1 aliphatic heterocycles. The molecule has 1 saturated heterocycles. The summed E-state index contributed by atoms with van der Waals surface area (Å²) in [5.74, 6) is -0.198. The quantitative estimate of drug-likeness (QED) is 0.769. The van der Waals surface area contributed by atoms with Crippen LogP contribution in [0.2, 0.25) is 0 Å². The Morgan fingerprint density at radius 2 is 1.92 bits per heavy atom. The second kappa shape index (κ2) is 9.66. The highest BCUT2D eigenvalue weighted by molar-refractivity contribution is 7.89. The van der Waals surface area contributed by atoms with E-state index in [-0.39, 0.29) is 35.4 Å². The summed E-state index contributed by atoms with van der Waals surface area (Å²) in [6.07, 6.45) is -0.313. The molecule has 2 atom stereocenters. The van der Waals surface area contributed by atoms with Gasteiger partial charge in [0.15, 0.2) is 0 Å². The van der Waals surface area contributed by atoms with Crippen molar-refractivity contribution in [3.05, 3.63) is 29.8 Å². The van der Waals surface area contributed by atoms with Crippen LogP contribution in [0.15, 0.2) is 29.2 Å². The van der Waals surface area contributed by atoms with Gasteiger partial charge in [0, 0.05) is 38.8 Å². The van der Waals surface area contributed by atoms with Crippen LogP contribution in [-0.4, -0.2) is 76.0 Å². The van der Waals surface area contributed by atoms with Gasteiger partial charge in [-0.1, -0.05) is 6.07 Å². The molecular weight excluding hydrogens is 378 g/mol. The number of halogens is 1. The highest BCUT2D eigenvalue weighted by Gasteiger charge is 2.32. The Morgan fingerprint density at radius 1 is 1.31 bits per heavy atom. The number of nitrogens with one attached hydrogen (secondary N) is 1. The zero-order valence-corrected chi connectivity index (χ0v) is 17.3. The number of amides is 1. The van der Waals surface area contributed by atoms with E-state index in [2.05, 4.69) is 5.32 Å². The molecule has 0 aromatic heterocycles. The van der Waals surface area contributed by atoms with Crippen LogP contribution < -0.4 is 5.32 Å². The van der Waals surface area contributed by atoms with Gasteiger partial charge in [0.05, 0.1) is 17.1 Å². The largest absolute Gasteiger partial charge is 0.373 e. The predicted molar refractivity (Wildman–Crippen MR) is 103 cm³/mol. The fourth-order valence-electron chi connectivity index (χ4n) is 2.87. The lowest BCUT2D eigenvalue weighted by Gasteiger charge is -2.34. The number of carbonyl (C=O) groups is 1. The van der Waals surface area contributed by atoms with Gasteiger partial charge >= 0.3 is 0 Å². The van der Waals surface area contributed by atoms with Crippen molar-refractivity contribution in [2.24, 2.45) is 0 Å². The number of sulfonamides is 1. The van der Waals surface area contributed by atoms with E-state index < -0.39 is 10.0 Å². The molecule has 0 bridgehead atoms. The molecule has 1 fully saturated rings. The van der Waals surface area contributed by atoms with Gasteiger partial charge in [0.1, 0.15) is 0 Å². The first-order valence-corrected chi connectivity index (χ1v) is 9.85. The standard InChI is InChI=1S/C17H27N3O4S.ClH/c1-13-11-20(12-14(2)24-13)25(22,23)16-7-5-6-15(10-16)17(21)19(4)9-8-18-3;/h5-7,10,13-14,18H,8-9,11-12H2,1-4H3;1H. The Kier molecular flexibility index (Phi) is 8.49. The highest BCUT2D eigenvalue weighted by atomic mass is 35.5. The molecule has 7 nitrogen and oxygen atoms in total. The van der Waals surface area contributed by atoms with Crippen molar-refractivity contribution in [2.45, 2.75) is 31.0 Å². The molecular formula is C17H28ClN3O4S. The Hall–Kier alpha value is -1.19. The minimum Gasteiger partial charge on any atom is -0.373 e. The van der Waals surface area contributed by atoms with Gasteiger partial charge in [0.2, 0.25) is 10.0 Å². The lowest BCUT2D eigenvalue weighted by molar-refractivity contribution is -0.0440. The van der Waals surface area contributed by atoms with Crippen LogP contribution in [-0.2, 0) is 14.8 Å². The zero-order chi connectivity index (χ0) is 18.6. The third-order valence-corrected chi connectivity index (χ3v) is 5.98. The number of benzene rings is 1. The fourth-order valence-corrected chi connectivity index (χ4v) is 4.50. The number of carbonyl (C=O) groups excluding carboxylic acids is 1. The van der Waals surface area contributed by atoms with Crippen molar-refractivity contribution in [3.8, 4) is 0 Å². The van der Waals surface area contributed by atoms with Crippen LogP contribution in [0.4, 0.5) is 0 Å². The zero-order valence-electron chi connectivity index (χ0n) is 15.6. The van der Waals surface area contributed by atoms with Crippen LogP contribution in [0, 0.1) is 0 Å². The fraction of sp³-hybridized carbons (Fsp3) is 0.588. The molecule has 1 aromatic carbocycles. The van der Waals surface area contributed by atoms with Gasteiger partial charge in [-0.25, -0.2) is 8.42 Å². The van der Waals surface area contributed by atoms with Gasteiger partial charge < -0.3 is 15.0 Å². The minimum absolute atomic E-state index is 0. The molecule has 26 heavy (non-hydrogen) atoms. The normalized spacial score (nSPS) is 21.1. The second-order valence-corrected chi connectivity index (χ2v) is 8.38. The van der Waals surface area contributed by atoms with E-state index in [9.17, 15) is 13.2 Å². The molecule has 2 unspecified atom stereocenters. The molecule has 0 radical (unpaired) electrons. The third kappa shape index (κ3) is 5.40. The average Bonchev–Trinajstić information content (AvgIpc) is 2.58. The summed E-state index contributed by atoms with van der Waals surface area (Å²) >= 11 is 0. The van der Waals surface area contributed by atoms with Gasteiger partial charge in [-0.15, -0.1) is 12.4 Å². The number of nitrogens with zero attached hydrogens (tertiary/aromatic N) is 2. The lowest BCUT2D eigenvalue weighted by atomic mass is 10.2. The van der Waals surface area contributed by atoms with Crippen molar-refractivity contribution in [1.82, 2.24) is 14.5 Å². The van der Waals surface area contributed by atoms with Crippen LogP contribution in [0.25, 0.3) is 0 Å². The minimum atomic E-state index is -3.66. The van der Waals surface area contributed by atoms with Gasteiger partial charge in [-0.05, 0) is 39.1 Å². The SMILES string of the molecule is CNCCN(C)C(=O)c1cccc(S(=O)(=O)N2CC(C)OC(C)C2)c1.Cl. The third-order valence-electron chi connectivity index (χ3n) is 4.15. The average molecular weight is 406 g/mol. The van der Waals surface area contributed by atoms with E-state index in [1.165, 1.54) is 16.4 Å². The van der Waals surface area contributed by atoms with Gasteiger partial charge in [-0.2, -0.15) is 4.31 Å². The summed E-state index contributed by atoms with van der Waals surface area (Å²) < 4.78 is 32.9. The molecule has 1 aliphatic rings. The Bertz CT molecular complexity index is 704. The maximum absolute atomic E-state index is 12.9. The van der Waals surface area contributed by atoms with E-state index in [1.54, 1.807) is 24.1 Å². The Balaban J connectivity index is 0.00000338. The van der Waals surface area contributed by atoms with Crippen molar-refractivity contribution in [2.75, 3.05) is 40.3 Å². The molecule has 1 N–H and O–H groups in total. The molecule has 1 aromatic rings. The second-order valence-electron chi connectivity index (χ2n) is 6.44.